The van der Waals surface area contributed by atoms with Crippen molar-refractivity contribution in [1.82, 2.24) is 4.90 Å². The number of nitrogens with zero attached hydrogens (tertiary/aromatic N) is 2. The lowest BCUT2D eigenvalue weighted by Gasteiger charge is -2.38. The van der Waals surface area contributed by atoms with Crippen molar-refractivity contribution in [3.8, 4) is 11.5 Å². The zero-order valence-electron chi connectivity index (χ0n) is 23.5. The lowest BCUT2D eigenvalue weighted by atomic mass is 10.1. The van der Waals surface area contributed by atoms with Crippen molar-refractivity contribution in [2.24, 2.45) is 0 Å². The number of amides is 1. The van der Waals surface area contributed by atoms with E-state index in [0.29, 0.717) is 19.4 Å². The molecule has 0 saturated carbocycles. The van der Waals surface area contributed by atoms with Gasteiger partial charge in [0.15, 0.2) is 19.8 Å². The fraction of sp³-hybridized carbons (Fsp3) is 0.556. The standard InChI is InChI=1S/C27H40N2O8Si/c1-9-12-36-25(30)11-10-13-35-24-16-22(29(32)33)21(15-23(24)34-6)26(31)28-17-19(2)14-20(28)18-37-38(7,8)27(3,4)5/h9,15-17,20H,1,10-14,18H2,2-8H3/t20-/m0/s1. The molecular weight excluding hydrogens is 508 g/mol. The average Bonchev–Trinajstić information content (AvgIpc) is 3.22. The molecule has 1 aliphatic rings. The minimum absolute atomic E-state index is 0.0107. The molecule has 0 radical (unpaired) electrons. The number of hydrogen-bond donors (Lipinski definition) is 0. The monoisotopic (exact) mass is 548 g/mol. The second kappa shape index (κ2) is 13.1. The van der Waals surface area contributed by atoms with Crippen LogP contribution in [-0.4, -0.2) is 63.0 Å². The van der Waals surface area contributed by atoms with E-state index < -0.39 is 30.8 Å². The first-order chi connectivity index (χ1) is 17.7. The molecule has 1 aromatic carbocycles. The summed E-state index contributed by atoms with van der Waals surface area (Å²) in [5.74, 6) is -0.607. The lowest BCUT2D eigenvalue weighted by Crippen LogP contribution is -2.45. The maximum Gasteiger partial charge on any atom is 0.306 e. The SMILES string of the molecule is C=CCOC(=O)CCCOc1cc([N+](=O)[O-])c(C(=O)N2C=C(C)C[C@H]2CO[Si](C)(C)C(C)(C)C)cc1OC. The second-order valence-electron chi connectivity index (χ2n) is 10.8. The molecule has 1 heterocycles. The van der Waals surface area contributed by atoms with Gasteiger partial charge in [-0.25, -0.2) is 0 Å². The quantitative estimate of drug-likeness (QED) is 0.0777. The average molecular weight is 549 g/mol. The van der Waals surface area contributed by atoms with Gasteiger partial charge in [-0.2, -0.15) is 0 Å². The summed E-state index contributed by atoms with van der Waals surface area (Å²) in [5.41, 5.74) is 0.497. The Kier molecular flexibility index (Phi) is 10.7. The summed E-state index contributed by atoms with van der Waals surface area (Å²) in [6.07, 6.45) is 4.29. The minimum Gasteiger partial charge on any atom is -0.493 e. The Hall–Kier alpha value is -3.18. The number of esters is 1. The van der Waals surface area contributed by atoms with Crippen LogP contribution in [0.15, 0.2) is 36.6 Å². The Labute approximate surface area is 225 Å². The predicted octanol–water partition coefficient (Wildman–Crippen LogP) is 5.63. The van der Waals surface area contributed by atoms with Crippen LogP contribution in [0.25, 0.3) is 0 Å². The molecule has 10 nitrogen and oxygen atoms in total. The molecule has 2 rings (SSSR count). The zero-order valence-corrected chi connectivity index (χ0v) is 24.5. The van der Waals surface area contributed by atoms with Crippen LogP contribution < -0.4 is 9.47 Å². The van der Waals surface area contributed by atoms with Gasteiger partial charge in [-0.1, -0.05) is 39.0 Å². The summed E-state index contributed by atoms with van der Waals surface area (Å²) in [5, 5.41) is 12.0. The van der Waals surface area contributed by atoms with Gasteiger partial charge in [-0.3, -0.25) is 19.7 Å². The summed E-state index contributed by atoms with van der Waals surface area (Å²) >= 11 is 0. The lowest BCUT2D eigenvalue weighted by molar-refractivity contribution is -0.385. The molecule has 0 fully saturated rings. The van der Waals surface area contributed by atoms with Gasteiger partial charge >= 0.3 is 5.97 Å². The van der Waals surface area contributed by atoms with Gasteiger partial charge in [0.25, 0.3) is 11.6 Å². The molecule has 1 amide bonds. The second-order valence-corrected chi connectivity index (χ2v) is 15.6. The first-order valence-electron chi connectivity index (χ1n) is 12.6. The summed E-state index contributed by atoms with van der Waals surface area (Å²) < 4.78 is 22.3. The van der Waals surface area contributed by atoms with E-state index in [1.807, 2.05) is 6.92 Å². The van der Waals surface area contributed by atoms with E-state index in [9.17, 15) is 19.7 Å². The van der Waals surface area contributed by atoms with Crippen LogP contribution >= 0.6 is 0 Å². The highest BCUT2D eigenvalue weighted by Gasteiger charge is 2.40. The number of carbonyl (C=O) groups is 2. The first kappa shape index (κ1) is 31.0. The van der Waals surface area contributed by atoms with Crippen molar-refractivity contribution in [3.05, 3.63) is 52.2 Å². The number of rotatable bonds is 13. The Morgan fingerprint density at radius 1 is 1.26 bits per heavy atom. The largest absolute Gasteiger partial charge is 0.493 e. The Morgan fingerprint density at radius 3 is 2.53 bits per heavy atom. The summed E-state index contributed by atoms with van der Waals surface area (Å²) in [4.78, 5) is 38.1. The molecular formula is C27H40N2O8Si. The fourth-order valence-electron chi connectivity index (χ4n) is 3.66. The van der Waals surface area contributed by atoms with Gasteiger partial charge in [0.2, 0.25) is 0 Å². The molecule has 1 aliphatic heterocycles. The van der Waals surface area contributed by atoms with E-state index in [1.54, 1.807) is 6.20 Å². The van der Waals surface area contributed by atoms with Gasteiger partial charge in [-0.15, -0.1) is 0 Å². The number of methoxy groups -OCH3 is 1. The third kappa shape index (κ3) is 7.91. The molecule has 0 unspecified atom stereocenters. The van der Waals surface area contributed by atoms with Crippen molar-refractivity contribution in [3.63, 3.8) is 0 Å². The van der Waals surface area contributed by atoms with Crippen molar-refractivity contribution in [2.45, 2.75) is 71.1 Å². The highest BCUT2D eigenvalue weighted by atomic mass is 28.4. The van der Waals surface area contributed by atoms with Crippen LogP contribution in [0.4, 0.5) is 5.69 Å². The van der Waals surface area contributed by atoms with E-state index in [4.69, 9.17) is 18.6 Å². The molecule has 0 spiro atoms. The number of benzene rings is 1. The van der Waals surface area contributed by atoms with Gasteiger partial charge in [0.05, 0.1) is 37.4 Å². The topological polar surface area (TPSA) is 117 Å². The molecule has 210 valence electrons. The smallest absolute Gasteiger partial charge is 0.306 e. The summed E-state index contributed by atoms with van der Waals surface area (Å²) in [6.45, 7) is 16.7. The molecule has 1 aromatic rings. The van der Waals surface area contributed by atoms with Crippen LogP contribution in [0.2, 0.25) is 18.1 Å². The van der Waals surface area contributed by atoms with Crippen molar-refractivity contribution in [2.75, 3.05) is 26.9 Å². The number of nitro groups is 1. The van der Waals surface area contributed by atoms with E-state index in [1.165, 1.54) is 30.2 Å². The number of hydrogen-bond acceptors (Lipinski definition) is 8. The summed E-state index contributed by atoms with van der Waals surface area (Å²) in [7, 11) is -0.665. The summed E-state index contributed by atoms with van der Waals surface area (Å²) in [6, 6.07) is 2.26. The zero-order chi connectivity index (χ0) is 28.7. The first-order valence-corrected chi connectivity index (χ1v) is 15.5. The van der Waals surface area contributed by atoms with Gasteiger partial charge in [0.1, 0.15) is 12.2 Å². The highest BCUT2D eigenvalue weighted by Crippen LogP contribution is 2.39. The van der Waals surface area contributed by atoms with Crippen LogP contribution in [0.3, 0.4) is 0 Å². The van der Waals surface area contributed by atoms with Gasteiger partial charge < -0.3 is 23.5 Å². The van der Waals surface area contributed by atoms with Crippen LogP contribution in [-0.2, 0) is 14.0 Å². The minimum atomic E-state index is -2.06. The van der Waals surface area contributed by atoms with E-state index >= 15 is 0 Å². The molecule has 0 saturated heterocycles. The van der Waals surface area contributed by atoms with Crippen molar-refractivity contribution < 1.29 is 33.1 Å². The van der Waals surface area contributed by atoms with Crippen molar-refractivity contribution >= 4 is 25.9 Å². The third-order valence-corrected chi connectivity index (χ3v) is 11.3. The molecule has 11 heteroatoms. The molecule has 0 N–H and O–H groups in total. The van der Waals surface area contributed by atoms with Crippen molar-refractivity contribution in [1.29, 1.82) is 0 Å². The highest BCUT2D eigenvalue weighted by molar-refractivity contribution is 6.74. The maximum atomic E-state index is 13.6. The van der Waals surface area contributed by atoms with E-state index in [2.05, 4.69) is 40.4 Å². The Bertz CT molecular complexity index is 1080. The number of carbonyl (C=O) groups excluding carboxylic acids is 2. The molecule has 38 heavy (non-hydrogen) atoms. The Morgan fingerprint density at radius 2 is 1.95 bits per heavy atom. The Balaban J connectivity index is 2.24. The van der Waals surface area contributed by atoms with Crippen LogP contribution in [0.5, 0.6) is 11.5 Å². The number of ether oxygens (including phenoxy) is 3. The van der Waals surface area contributed by atoms with Gasteiger partial charge in [0, 0.05) is 18.7 Å². The van der Waals surface area contributed by atoms with Gasteiger partial charge in [-0.05, 0) is 37.9 Å². The third-order valence-electron chi connectivity index (χ3n) is 6.84. The molecule has 0 bridgehead atoms. The maximum absolute atomic E-state index is 13.6. The normalized spacial score (nSPS) is 15.6. The predicted molar refractivity (Wildman–Crippen MR) is 147 cm³/mol. The molecule has 0 aliphatic carbocycles. The fourth-order valence-corrected chi connectivity index (χ4v) is 4.70. The van der Waals surface area contributed by atoms with E-state index in [0.717, 1.165) is 5.57 Å². The van der Waals surface area contributed by atoms with Crippen LogP contribution in [0, 0.1) is 10.1 Å². The molecule has 1 atom stereocenters. The number of nitro benzene ring substituents is 1. The van der Waals surface area contributed by atoms with E-state index in [-0.39, 0.29) is 47.8 Å². The van der Waals surface area contributed by atoms with Crippen LogP contribution in [0.1, 0.15) is 57.3 Å². The molecule has 0 aromatic heterocycles.